The lowest BCUT2D eigenvalue weighted by Gasteiger charge is -2.12. The van der Waals surface area contributed by atoms with Gasteiger partial charge in [0.2, 0.25) is 0 Å². The van der Waals surface area contributed by atoms with Gasteiger partial charge in [-0.2, -0.15) is 0 Å². The van der Waals surface area contributed by atoms with Crippen LogP contribution in [0.25, 0.3) is 0 Å². The number of ether oxygens (including phenoxy) is 1. The topological polar surface area (TPSA) is 34.1 Å². The number of benzene rings is 1. The van der Waals surface area contributed by atoms with Crippen LogP contribution >= 0.6 is 11.6 Å². The van der Waals surface area contributed by atoms with Gasteiger partial charge in [-0.15, -0.1) is 0 Å². The molecular formula is C15H17ClN2O. The average molecular weight is 277 g/mol. The summed E-state index contributed by atoms with van der Waals surface area (Å²) in [5, 5.41) is 4.00. The van der Waals surface area contributed by atoms with Crippen LogP contribution in [0.5, 0.6) is 5.75 Å². The third-order valence-electron chi connectivity index (χ3n) is 2.69. The first-order valence-electron chi connectivity index (χ1n) is 6.31. The first-order chi connectivity index (χ1) is 9.29. The van der Waals surface area contributed by atoms with E-state index in [1.54, 1.807) is 6.20 Å². The molecule has 2 rings (SSSR count). The first kappa shape index (κ1) is 13.8. The summed E-state index contributed by atoms with van der Waals surface area (Å²) in [4.78, 5) is 4.24. The van der Waals surface area contributed by atoms with Gasteiger partial charge in [-0.25, -0.2) is 0 Å². The molecule has 4 heteroatoms. The number of halogens is 1. The fraction of sp³-hybridized carbons (Fsp3) is 0.267. The van der Waals surface area contributed by atoms with E-state index in [0.29, 0.717) is 6.61 Å². The number of nitrogens with zero attached hydrogens (tertiary/aromatic N) is 1. The van der Waals surface area contributed by atoms with Gasteiger partial charge in [-0.05, 0) is 36.9 Å². The molecule has 0 aliphatic heterocycles. The molecule has 0 bridgehead atoms. The minimum atomic E-state index is 0.460. The van der Waals surface area contributed by atoms with Crippen LogP contribution in [-0.4, -0.2) is 11.5 Å². The molecule has 2 aromatic rings. The number of hydrogen-bond acceptors (Lipinski definition) is 3. The normalized spacial score (nSPS) is 10.4. The maximum absolute atomic E-state index is 6.02. The van der Waals surface area contributed by atoms with E-state index in [0.717, 1.165) is 35.1 Å². The molecule has 1 aromatic heterocycles. The average Bonchev–Trinajstić information content (AvgIpc) is 2.45. The Morgan fingerprint density at radius 3 is 2.89 bits per heavy atom. The van der Waals surface area contributed by atoms with Crippen LogP contribution in [0.3, 0.4) is 0 Å². The van der Waals surface area contributed by atoms with E-state index in [1.807, 2.05) is 36.4 Å². The third-order valence-corrected chi connectivity index (χ3v) is 2.92. The maximum Gasteiger partial charge on any atom is 0.130 e. The van der Waals surface area contributed by atoms with Gasteiger partial charge in [-0.3, -0.25) is 4.98 Å². The molecule has 0 aliphatic carbocycles. The van der Waals surface area contributed by atoms with E-state index in [2.05, 4.69) is 17.2 Å². The second-order valence-electron chi connectivity index (χ2n) is 4.14. The summed E-state index contributed by atoms with van der Waals surface area (Å²) in [5.74, 6) is 0.844. The summed E-state index contributed by atoms with van der Waals surface area (Å²) in [5.41, 5.74) is 1.97. The summed E-state index contributed by atoms with van der Waals surface area (Å²) in [6, 6.07) is 11.5. The molecule has 1 heterocycles. The predicted molar refractivity (Wildman–Crippen MR) is 77.4 cm³/mol. The van der Waals surface area contributed by atoms with Crippen molar-refractivity contribution in [2.75, 3.05) is 6.54 Å². The minimum Gasteiger partial charge on any atom is -0.487 e. The molecule has 0 unspecified atom stereocenters. The number of pyridine rings is 1. The highest BCUT2D eigenvalue weighted by atomic mass is 35.5. The lowest BCUT2D eigenvalue weighted by molar-refractivity contribution is 0.297. The smallest absolute Gasteiger partial charge is 0.130 e. The third kappa shape index (κ3) is 4.23. The molecule has 0 spiro atoms. The standard InChI is InChI=1S/C15H17ClN2O/c1-2-17-10-12-9-13(16)6-7-15(12)19-11-14-5-3-4-8-18-14/h3-9,17H,2,10-11H2,1H3. The van der Waals surface area contributed by atoms with E-state index in [4.69, 9.17) is 16.3 Å². The van der Waals surface area contributed by atoms with Crippen LogP contribution < -0.4 is 10.1 Å². The Balaban J connectivity index is 2.06. The number of hydrogen-bond donors (Lipinski definition) is 1. The van der Waals surface area contributed by atoms with Crippen molar-refractivity contribution in [3.05, 3.63) is 58.9 Å². The zero-order valence-electron chi connectivity index (χ0n) is 10.9. The number of nitrogens with one attached hydrogen (secondary N) is 1. The van der Waals surface area contributed by atoms with Crippen molar-refractivity contribution in [2.24, 2.45) is 0 Å². The lowest BCUT2D eigenvalue weighted by Crippen LogP contribution is -2.13. The molecule has 0 aliphatic rings. The van der Waals surface area contributed by atoms with Crippen LogP contribution in [0.4, 0.5) is 0 Å². The molecule has 0 amide bonds. The fourth-order valence-electron chi connectivity index (χ4n) is 1.72. The zero-order chi connectivity index (χ0) is 13.5. The van der Waals surface area contributed by atoms with E-state index in [1.165, 1.54) is 0 Å². The van der Waals surface area contributed by atoms with Gasteiger partial charge < -0.3 is 10.1 Å². The molecule has 19 heavy (non-hydrogen) atoms. The number of rotatable bonds is 6. The zero-order valence-corrected chi connectivity index (χ0v) is 11.7. The van der Waals surface area contributed by atoms with Crippen molar-refractivity contribution in [3.8, 4) is 5.75 Å². The Kier molecular flexibility index (Phi) is 5.19. The molecule has 1 N–H and O–H groups in total. The molecular weight excluding hydrogens is 260 g/mol. The highest BCUT2D eigenvalue weighted by Crippen LogP contribution is 2.23. The first-order valence-corrected chi connectivity index (χ1v) is 6.69. The van der Waals surface area contributed by atoms with Gasteiger partial charge in [0, 0.05) is 23.3 Å². The van der Waals surface area contributed by atoms with Crippen LogP contribution in [0, 0.1) is 0 Å². The van der Waals surface area contributed by atoms with Crippen molar-refractivity contribution in [1.82, 2.24) is 10.3 Å². The molecule has 0 radical (unpaired) electrons. The summed E-state index contributed by atoms with van der Waals surface area (Å²) in [6.45, 7) is 4.18. The Morgan fingerprint density at radius 2 is 2.16 bits per heavy atom. The Morgan fingerprint density at radius 1 is 1.26 bits per heavy atom. The Labute approximate surface area is 118 Å². The highest BCUT2D eigenvalue weighted by Gasteiger charge is 2.05. The van der Waals surface area contributed by atoms with Crippen molar-refractivity contribution < 1.29 is 4.74 Å². The predicted octanol–water partition coefficient (Wildman–Crippen LogP) is 3.42. The number of aromatic nitrogens is 1. The summed E-state index contributed by atoms with van der Waals surface area (Å²) in [6.07, 6.45) is 1.76. The molecule has 0 fully saturated rings. The van der Waals surface area contributed by atoms with Crippen LogP contribution in [0.2, 0.25) is 5.02 Å². The molecule has 3 nitrogen and oxygen atoms in total. The van der Waals surface area contributed by atoms with Gasteiger partial charge >= 0.3 is 0 Å². The van der Waals surface area contributed by atoms with Crippen molar-refractivity contribution in [1.29, 1.82) is 0 Å². The van der Waals surface area contributed by atoms with Crippen LogP contribution in [0.1, 0.15) is 18.2 Å². The Hall–Kier alpha value is -1.58. The molecule has 100 valence electrons. The van der Waals surface area contributed by atoms with Crippen molar-refractivity contribution in [3.63, 3.8) is 0 Å². The fourth-order valence-corrected chi connectivity index (χ4v) is 1.92. The summed E-state index contributed by atoms with van der Waals surface area (Å²) < 4.78 is 5.81. The van der Waals surface area contributed by atoms with Crippen molar-refractivity contribution in [2.45, 2.75) is 20.1 Å². The largest absolute Gasteiger partial charge is 0.487 e. The van der Waals surface area contributed by atoms with Gasteiger partial charge in [0.15, 0.2) is 0 Å². The van der Waals surface area contributed by atoms with E-state index in [9.17, 15) is 0 Å². The van der Waals surface area contributed by atoms with E-state index < -0.39 is 0 Å². The summed E-state index contributed by atoms with van der Waals surface area (Å²) >= 11 is 6.02. The van der Waals surface area contributed by atoms with Gasteiger partial charge in [-0.1, -0.05) is 24.6 Å². The second-order valence-corrected chi connectivity index (χ2v) is 4.58. The monoisotopic (exact) mass is 276 g/mol. The van der Waals surface area contributed by atoms with E-state index in [-0.39, 0.29) is 0 Å². The maximum atomic E-state index is 6.02. The van der Waals surface area contributed by atoms with E-state index >= 15 is 0 Å². The molecule has 0 saturated carbocycles. The van der Waals surface area contributed by atoms with Gasteiger partial charge in [0.1, 0.15) is 12.4 Å². The minimum absolute atomic E-state index is 0.460. The highest BCUT2D eigenvalue weighted by molar-refractivity contribution is 6.30. The lowest BCUT2D eigenvalue weighted by atomic mass is 10.2. The summed E-state index contributed by atoms with van der Waals surface area (Å²) in [7, 11) is 0. The molecule has 1 aromatic carbocycles. The van der Waals surface area contributed by atoms with Crippen LogP contribution in [0.15, 0.2) is 42.6 Å². The molecule has 0 atom stereocenters. The molecule has 0 saturated heterocycles. The SMILES string of the molecule is CCNCc1cc(Cl)ccc1OCc1ccccn1. The van der Waals surface area contributed by atoms with Gasteiger partial charge in [0.05, 0.1) is 5.69 Å². The van der Waals surface area contributed by atoms with Crippen molar-refractivity contribution >= 4 is 11.6 Å². The Bertz CT molecular complexity index is 517. The van der Waals surface area contributed by atoms with Gasteiger partial charge in [0.25, 0.3) is 0 Å². The van der Waals surface area contributed by atoms with Crippen LogP contribution in [-0.2, 0) is 13.2 Å². The quantitative estimate of drug-likeness (QED) is 0.878. The second kappa shape index (κ2) is 7.12.